The lowest BCUT2D eigenvalue weighted by atomic mass is 9.71. The predicted octanol–water partition coefficient (Wildman–Crippen LogP) is 4.05. The highest BCUT2D eigenvalue weighted by molar-refractivity contribution is 5.95. The number of fused-ring (bicyclic) bond motifs is 6. The average Bonchev–Trinajstić information content (AvgIpc) is 4.03. The summed E-state index contributed by atoms with van der Waals surface area (Å²) in [7, 11) is 0. The number of aromatic nitrogens is 5. The molecule has 2 atom stereocenters. The van der Waals surface area contributed by atoms with Crippen LogP contribution < -0.4 is 10.9 Å². The summed E-state index contributed by atoms with van der Waals surface area (Å²) < 4.78 is 23.5. The smallest absolute Gasteiger partial charge is 0.279 e. The Morgan fingerprint density at radius 2 is 2.00 bits per heavy atom. The summed E-state index contributed by atoms with van der Waals surface area (Å²) in [6.07, 6.45) is 7.98. The summed E-state index contributed by atoms with van der Waals surface area (Å²) in [5.41, 5.74) is 3.28. The number of halogens is 1. The van der Waals surface area contributed by atoms with Gasteiger partial charge in [0.25, 0.3) is 11.5 Å². The lowest BCUT2D eigenvalue weighted by Crippen LogP contribution is -2.48. The first-order valence-corrected chi connectivity index (χ1v) is 17.1. The van der Waals surface area contributed by atoms with Crippen LogP contribution in [-0.4, -0.2) is 72.3 Å². The van der Waals surface area contributed by atoms with Gasteiger partial charge in [0, 0.05) is 47.6 Å². The molecule has 1 aromatic carbocycles. The Balaban J connectivity index is 1.08. The van der Waals surface area contributed by atoms with Gasteiger partial charge in [-0.2, -0.15) is 9.50 Å². The maximum atomic E-state index is 14.8. The molecule has 3 aliphatic carbocycles. The fraction of sp³-hybridized carbons (Fsp3) is 0.444. The highest BCUT2D eigenvalue weighted by atomic mass is 19.1. The van der Waals surface area contributed by atoms with Gasteiger partial charge in [-0.15, -0.1) is 5.10 Å². The summed E-state index contributed by atoms with van der Waals surface area (Å²) in [5.74, 6) is 0.126. The largest absolute Gasteiger partial charge is 0.505 e. The van der Waals surface area contributed by atoms with Gasteiger partial charge in [-0.05, 0) is 92.2 Å². The first-order valence-electron chi connectivity index (χ1n) is 17.1. The lowest BCUT2D eigenvalue weighted by Gasteiger charge is -2.41. The number of pyridine rings is 1. The fourth-order valence-corrected chi connectivity index (χ4v) is 8.50. The SMILES string of the molecule is Cc1ccnc(C(=O)N2CCC3(CC2)c2c(n(CC(=O)Nc4ccc(C5CC5)c(F)c4)c4nc(C5=CCOCC5)nn4c2=O)[C@H]2C[C@H]23)c1O. The van der Waals surface area contributed by atoms with Crippen LogP contribution in [0.2, 0.25) is 0 Å². The quantitative estimate of drug-likeness (QED) is 0.314. The molecule has 49 heavy (non-hydrogen) atoms. The molecule has 1 saturated heterocycles. The fourth-order valence-electron chi connectivity index (χ4n) is 8.50. The Bertz CT molecular complexity index is 2160. The standard InChI is InChI=1S/C36H36FN7O5/c1-19-6-11-38-29(31(19)46)34(48)42-12-9-36(10-13-42)25-17-24(25)30-28(36)33(47)44-35(40-32(41-44)21-7-14-49-15-8-21)43(30)18-27(45)39-22-4-5-23(20-2-3-20)26(37)16-22/h4-7,11,16,20,24-25,46H,2-3,8-10,12-15,17-18H2,1H3,(H,39,45)/t24-,25+/m0/s1. The van der Waals surface area contributed by atoms with Crippen molar-refractivity contribution < 1.29 is 23.8 Å². The van der Waals surface area contributed by atoms with Gasteiger partial charge in [-0.3, -0.25) is 14.4 Å². The van der Waals surface area contributed by atoms with Crippen LogP contribution in [0.25, 0.3) is 11.4 Å². The third kappa shape index (κ3) is 4.80. The van der Waals surface area contributed by atoms with E-state index in [1.165, 1.54) is 16.8 Å². The second kappa shape index (κ2) is 11.1. The van der Waals surface area contributed by atoms with Crippen molar-refractivity contribution in [1.29, 1.82) is 0 Å². The Labute approximate surface area is 280 Å². The molecule has 9 rings (SSSR count). The number of carbonyl (C=O) groups is 2. The molecule has 2 N–H and O–H groups in total. The van der Waals surface area contributed by atoms with E-state index in [1.54, 1.807) is 30.0 Å². The van der Waals surface area contributed by atoms with Gasteiger partial charge in [-0.1, -0.05) is 12.1 Å². The molecule has 0 unspecified atom stereocenters. The van der Waals surface area contributed by atoms with Crippen LogP contribution in [0, 0.1) is 18.7 Å². The normalized spacial score (nSPS) is 22.2. The summed E-state index contributed by atoms with van der Waals surface area (Å²) in [6.45, 7) is 3.35. The van der Waals surface area contributed by atoms with Crippen LogP contribution in [0.4, 0.5) is 10.1 Å². The second-order valence-electron chi connectivity index (χ2n) is 14.1. The Morgan fingerprint density at radius 1 is 1.18 bits per heavy atom. The van der Waals surface area contributed by atoms with E-state index in [4.69, 9.17) is 14.8 Å². The maximum Gasteiger partial charge on any atom is 0.279 e. The number of likely N-dealkylation sites (tertiary alicyclic amines) is 1. The van der Waals surface area contributed by atoms with Gasteiger partial charge in [-0.25, -0.2) is 9.37 Å². The molecule has 0 bridgehead atoms. The van der Waals surface area contributed by atoms with Crippen molar-refractivity contribution in [1.82, 2.24) is 29.0 Å². The van der Waals surface area contributed by atoms with Crippen LogP contribution in [0.5, 0.6) is 5.75 Å². The van der Waals surface area contributed by atoms with E-state index in [9.17, 15) is 23.9 Å². The van der Waals surface area contributed by atoms with E-state index in [-0.39, 0.29) is 58.9 Å². The number of piperidine rings is 1. The topological polar surface area (TPSA) is 144 Å². The number of anilines is 1. The average molecular weight is 666 g/mol. The summed E-state index contributed by atoms with van der Waals surface area (Å²) in [6, 6.07) is 6.51. The minimum atomic E-state index is -0.492. The monoisotopic (exact) mass is 665 g/mol. The zero-order valence-corrected chi connectivity index (χ0v) is 27.1. The molecule has 2 saturated carbocycles. The number of aryl methyl sites for hydroxylation is 1. The van der Waals surface area contributed by atoms with Crippen LogP contribution in [-0.2, 0) is 21.5 Å². The molecule has 3 aromatic heterocycles. The molecule has 5 aliphatic rings. The van der Waals surface area contributed by atoms with Crippen molar-refractivity contribution in [3.63, 3.8) is 0 Å². The number of hydrogen-bond donors (Lipinski definition) is 2. The van der Waals surface area contributed by atoms with Crippen LogP contribution >= 0.6 is 0 Å². The van der Waals surface area contributed by atoms with Crippen LogP contribution in [0.15, 0.2) is 41.3 Å². The number of benzene rings is 1. The third-order valence-corrected chi connectivity index (χ3v) is 11.3. The molecule has 3 fully saturated rings. The molecule has 4 aromatic rings. The molecule has 0 radical (unpaired) electrons. The second-order valence-corrected chi connectivity index (χ2v) is 14.1. The number of ether oxygens (including phenoxy) is 1. The first-order chi connectivity index (χ1) is 23.7. The van der Waals surface area contributed by atoms with E-state index in [1.807, 2.05) is 10.6 Å². The minimum Gasteiger partial charge on any atom is -0.505 e. The molecule has 2 amide bonds. The number of rotatable bonds is 6. The highest BCUT2D eigenvalue weighted by Crippen LogP contribution is 2.67. The summed E-state index contributed by atoms with van der Waals surface area (Å²) in [5, 5.41) is 18.1. The van der Waals surface area contributed by atoms with E-state index in [2.05, 4.69) is 10.3 Å². The van der Waals surface area contributed by atoms with Crippen molar-refractivity contribution >= 4 is 28.9 Å². The molecular weight excluding hydrogens is 629 g/mol. The summed E-state index contributed by atoms with van der Waals surface area (Å²) >= 11 is 0. The van der Waals surface area contributed by atoms with Gasteiger partial charge in [0.05, 0.1) is 13.2 Å². The van der Waals surface area contributed by atoms with E-state index >= 15 is 0 Å². The van der Waals surface area contributed by atoms with Crippen molar-refractivity contribution in [3.8, 4) is 5.75 Å². The molecular formula is C36H36FN7O5. The number of amides is 2. The van der Waals surface area contributed by atoms with Crippen molar-refractivity contribution in [3.05, 3.63) is 86.6 Å². The molecule has 2 aliphatic heterocycles. The Kier molecular flexibility index (Phi) is 6.81. The maximum absolute atomic E-state index is 14.8. The first kappa shape index (κ1) is 30.2. The zero-order chi connectivity index (χ0) is 33.6. The lowest BCUT2D eigenvalue weighted by molar-refractivity contribution is -0.116. The van der Waals surface area contributed by atoms with Crippen molar-refractivity contribution in [2.24, 2.45) is 5.92 Å². The zero-order valence-electron chi connectivity index (χ0n) is 27.1. The molecule has 13 heteroatoms. The van der Waals surface area contributed by atoms with Crippen molar-refractivity contribution in [2.75, 3.05) is 31.6 Å². The molecule has 252 valence electrons. The summed E-state index contributed by atoms with van der Waals surface area (Å²) in [4.78, 5) is 52.3. The van der Waals surface area contributed by atoms with E-state index in [0.717, 1.165) is 30.5 Å². The predicted molar refractivity (Wildman–Crippen MR) is 176 cm³/mol. The van der Waals surface area contributed by atoms with Gasteiger partial charge in [0.2, 0.25) is 11.7 Å². The van der Waals surface area contributed by atoms with Crippen molar-refractivity contribution in [2.45, 2.75) is 69.2 Å². The third-order valence-electron chi connectivity index (χ3n) is 11.3. The van der Waals surface area contributed by atoms with Gasteiger partial charge < -0.3 is 24.6 Å². The van der Waals surface area contributed by atoms with Crippen LogP contribution in [0.3, 0.4) is 0 Å². The number of aromatic hydroxyl groups is 1. The van der Waals surface area contributed by atoms with E-state index < -0.39 is 5.41 Å². The van der Waals surface area contributed by atoms with Gasteiger partial charge >= 0.3 is 0 Å². The number of nitrogens with zero attached hydrogens (tertiary/aromatic N) is 6. The number of carbonyl (C=O) groups excluding carboxylic acids is 2. The molecule has 12 nitrogen and oxygen atoms in total. The highest BCUT2D eigenvalue weighted by Gasteiger charge is 2.64. The molecule has 5 heterocycles. The Morgan fingerprint density at radius 3 is 2.73 bits per heavy atom. The Hall–Kier alpha value is -4.91. The van der Waals surface area contributed by atoms with E-state index in [0.29, 0.717) is 79.5 Å². The number of hydrogen-bond acceptors (Lipinski definition) is 8. The van der Waals surface area contributed by atoms with Gasteiger partial charge in [0.1, 0.15) is 18.1 Å². The van der Waals surface area contributed by atoms with Gasteiger partial charge in [0.15, 0.2) is 11.5 Å². The number of nitrogens with one attached hydrogen (secondary N) is 1. The minimum absolute atomic E-state index is 0.0294. The van der Waals surface area contributed by atoms with Crippen LogP contribution in [0.1, 0.15) is 89.1 Å². The molecule has 1 spiro atoms.